The van der Waals surface area contributed by atoms with Crippen molar-refractivity contribution in [1.29, 1.82) is 0 Å². The lowest BCUT2D eigenvalue weighted by molar-refractivity contribution is -0.139. The molecule has 12 heteroatoms. The summed E-state index contributed by atoms with van der Waals surface area (Å²) in [5, 5.41) is 5.55. The fraction of sp³-hybridized carbons (Fsp3) is 0.704. The molecule has 1 unspecified atom stereocenters. The van der Waals surface area contributed by atoms with Crippen LogP contribution in [0.5, 0.6) is 0 Å². The summed E-state index contributed by atoms with van der Waals surface area (Å²) in [5.74, 6) is 1.36. The number of carbonyl (C=O) groups excluding carboxylic acids is 4. The van der Waals surface area contributed by atoms with Gasteiger partial charge < -0.3 is 29.6 Å². The largest absolute Gasteiger partial charge is 0.463 e. The Labute approximate surface area is 241 Å². The van der Waals surface area contributed by atoms with E-state index in [0.717, 1.165) is 12.8 Å². The van der Waals surface area contributed by atoms with Crippen LogP contribution in [0.3, 0.4) is 0 Å². The number of thioether (sulfide) groups is 2. The van der Waals surface area contributed by atoms with Crippen molar-refractivity contribution in [2.75, 3.05) is 62.5 Å². The first-order chi connectivity index (χ1) is 18.4. The van der Waals surface area contributed by atoms with Gasteiger partial charge in [0.1, 0.15) is 13.2 Å². The first kappa shape index (κ1) is 36.7. The summed E-state index contributed by atoms with van der Waals surface area (Å²) < 4.78 is 20.1. The van der Waals surface area contributed by atoms with Crippen LogP contribution in [0.1, 0.15) is 47.5 Å². The van der Waals surface area contributed by atoms with Crippen molar-refractivity contribution in [1.82, 2.24) is 10.6 Å². The van der Waals surface area contributed by atoms with Crippen LogP contribution in [-0.2, 0) is 28.5 Å². The molecule has 0 spiro atoms. The van der Waals surface area contributed by atoms with Gasteiger partial charge in [-0.3, -0.25) is 0 Å². The van der Waals surface area contributed by atoms with Gasteiger partial charge in [0.2, 0.25) is 0 Å². The minimum atomic E-state index is -0.476. The van der Waals surface area contributed by atoms with E-state index in [-0.39, 0.29) is 24.5 Å². The van der Waals surface area contributed by atoms with Gasteiger partial charge in [0.15, 0.2) is 0 Å². The minimum Gasteiger partial charge on any atom is -0.463 e. The molecule has 2 amide bonds. The monoisotopic (exact) mass is 590 g/mol. The second-order valence-electron chi connectivity index (χ2n) is 9.56. The molecule has 2 N–H and O–H groups in total. The second-order valence-corrected chi connectivity index (χ2v) is 11.8. The molecule has 0 bridgehead atoms. The van der Waals surface area contributed by atoms with Crippen molar-refractivity contribution in [3.63, 3.8) is 0 Å². The zero-order chi connectivity index (χ0) is 29.7. The molecule has 0 saturated carbocycles. The summed E-state index contributed by atoms with van der Waals surface area (Å²) >= 11 is 2.89. The molecule has 0 heterocycles. The van der Waals surface area contributed by atoms with Crippen molar-refractivity contribution in [2.24, 2.45) is 11.3 Å². The van der Waals surface area contributed by atoms with Crippen LogP contribution >= 0.6 is 23.5 Å². The second kappa shape index (κ2) is 21.5. The van der Waals surface area contributed by atoms with E-state index in [1.54, 1.807) is 13.8 Å². The van der Waals surface area contributed by atoms with Gasteiger partial charge in [0.25, 0.3) is 0 Å². The average molecular weight is 591 g/mol. The van der Waals surface area contributed by atoms with E-state index in [0.29, 0.717) is 60.5 Å². The molecule has 0 fully saturated rings. The van der Waals surface area contributed by atoms with Gasteiger partial charge >= 0.3 is 24.1 Å². The zero-order valence-electron chi connectivity index (χ0n) is 24.1. The van der Waals surface area contributed by atoms with Crippen molar-refractivity contribution >= 4 is 47.6 Å². The molecule has 0 aromatic heterocycles. The first-order valence-electron chi connectivity index (χ1n) is 13.1. The molecule has 0 radical (unpaired) electrons. The van der Waals surface area contributed by atoms with E-state index in [1.165, 1.54) is 23.5 Å². The van der Waals surface area contributed by atoms with Crippen LogP contribution in [0.15, 0.2) is 24.3 Å². The molecule has 0 rings (SSSR count). The number of amides is 2. The van der Waals surface area contributed by atoms with Crippen molar-refractivity contribution in [2.45, 2.75) is 47.5 Å². The quantitative estimate of drug-likeness (QED) is 0.0848. The van der Waals surface area contributed by atoms with Gasteiger partial charge in [-0.15, -0.1) is 0 Å². The van der Waals surface area contributed by atoms with Crippen LogP contribution in [0.4, 0.5) is 9.59 Å². The van der Waals surface area contributed by atoms with Crippen LogP contribution < -0.4 is 10.6 Å². The molecular weight excluding hydrogens is 544 g/mol. The van der Waals surface area contributed by atoms with Crippen molar-refractivity contribution in [3.8, 4) is 0 Å². The smallest absolute Gasteiger partial charge is 0.407 e. The molecule has 0 aliphatic heterocycles. The predicted molar refractivity (Wildman–Crippen MR) is 157 cm³/mol. The summed E-state index contributed by atoms with van der Waals surface area (Å²) in [7, 11) is 0. The summed E-state index contributed by atoms with van der Waals surface area (Å²) in [6, 6.07) is 0. The van der Waals surface area contributed by atoms with Gasteiger partial charge in [0, 0.05) is 47.2 Å². The molecule has 0 aliphatic carbocycles. The number of ether oxygens (including phenoxy) is 4. The van der Waals surface area contributed by atoms with Crippen LogP contribution in [0.2, 0.25) is 0 Å². The van der Waals surface area contributed by atoms with E-state index in [2.05, 4.69) is 44.6 Å². The standard InChI is InChI=1S/C27H46N2O8S2/c1-8-34-23(30)21(4)18-38-14-12-36-25(32)28-11-10-27(6,7)16-20(3)17-29-26(33)37-13-15-39-19-22(5)24(31)35-9-2/h20H,4-5,8-19H2,1-3,6-7H3,(H,28,32)(H,29,33). The fourth-order valence-electron chi connectivity index (χ4n) is 3.34. The molecule has 0 aromatic rings. The van der Waals surface area contributed by atoms with E-state index < -0.39 is 24.1 Å². The Morgan fingerprint density at radius 1 is 0.795 bits per heavy atom. The number of esters is 2. The molecule has 224 valence electrons. The Morgan fingerprint density at radius 3 is 1.72 bits per heavy atom. The molecule has 0 aromatic carbocycles. The normalized spacial score (nSPS) is 11.6. The number of rotatable bonds is 21. The number of hydrogen-bond donors (Lipinski definition) is 2. The highest BCUT2D eigenvalue weighted by Crippen LogP contribution is 2.28. The lowest BCUT2D eigenvalue weighted by atomic mass is 9.80. The van der Waals surface area contributed by atoms with Crippen LogP contribution in [0.25, 0.3) is 0 Å². The molecule has 1 atom stereocenters. The third kappa shape index (κ3) is 20.3. The first-order valence-corrected chi connectivity index (χ1v) is 15.4. The summed E-state index contributed by atoms with van der Waals surface area (Å²) in [4.78, 5) is 46.8. The van der Waals surface area contributed by atoms with Crippen molar-refractivity contribution in [3.05, 3.63) is 24.3 Å². The highest BCUT2D eigenvalue weighted by atomic mass is 32.2. The maximum absolute atomic E-state index is 11.9. The Hall–Kier alpha value is -2.34. The Kier molecular flexibility index (Phi) is 20.2. The zero-order valence-corrected chi connectivity index (χ0v) is 25.7. The van der Waals surface area contributed by atoms with Gasteiger partial charge in [-0.25, -0.2) is 19.2 Å². The third-order valence-corrected chi connectivity index (χ3v) is 7.19. The lowest BCUT2D eigenvalue weighted by Gasteiger charge is -2.28. The molecule has 39 heavy (non-hydrogen) atoms. The Bertz CT molecular complexity index is 805. The van der Waals surface area contributed by atoms with Crippen LogP contribution in [0, 0.1) is 11.3 Å². The fourth-order valence-corrected chi connectivity index (χ4v) is 4.76. The van der Waals surface area contributed by atoms with E-state index >= 15 is 0 Å². The topological polar surface area (TPSA) is 129 Å². The van der Waals surface area contributed by atoms with Gasteiger partial charge in [-0.05, 0) is 38.0 Å². The predicted octanol–water partition coefficient (Wildman–Crippen LogP) is 4.59. The Morgan fingerprint density at radius 2 is 1.26 bits per heavy atom. The van der Waals surface area contributed by atoms with Gasteiger partial charge in [-0.1, -0.05) is 33.9 Å². The van der Waals surface area contributed by atoms with E-state index in [4.69, 9.17) is 18.9 Å². The lowest BCUT2D eigenvalue weighted by Crippen LogP contribution is -2.33. The molecule has 0 aliphatic rings. The number of nitrogens with one attached hydrogen (secondary N) is 2. The number of carbonyl (C=O) groups is 4. The average Bonchev–Trinajstić information content (AvgIpc) is 2.86. The highest BCUT2D eigenvalue weighted by Gasteiger charge is 2.22. The number of hydrogen-bond acceptors (Lipinski definition) is 10. The van der Waals surface area contributed by atoms with Crippen LogP contribution in [-0.4, -0.2) is 86.7 Å². The summed E-state index contributed by atoms with van der Waals surface area (Å²) in [5.41, 5.74) is 0.722. The minimum absolute atomic E-state index is 0.0560. The van der Waals surface area contributed by atoms with Crippen molar-refractivity contribution < 1.29 is 38.1 Å². The maximum atomic E-state index is 11.9. The maximum Gasteiger partial charge on any atom is 0.407 e. The number of alkyl carbamates (subject to hydrolysis) is 2. The highest BCUT2D eigenvalue weighted by molar-refractivity contribution is 7.99. The summed E-state index contributed by atoms with van der Waals surface area (Å²) in [6.07, 6.45) is 0.643. The SMILES string of the molecule is C=C(CSCCOC(=O)NCCC(C)(C)CC(C)CNC(=O)OCCSCC(=C)C(=O)OCC)C(=O)OCC. The van der Waals surface area contributed by atoms with E-state index in [1.807, 2.05) is 0 Å². The molecule has 0 saturated heterocycles. The molecular formula is C27H46N2O8S2. The third-order valence-electron chi connectivity index (χ3n) is 5.17. The van der Waals surface area contributed by atoms with Gasteiger partial charge in [-0.2, -0.15) is 23.5 Å². The molecule has 10 nitrogen and oxygen atoms in total. The summed E-state index contributed by atoms with van der Waals surface area (Å²) in [6.45, 7) is 19.2. The van der Waals surface area contributed by atoms with E-state index in [9.17, 15) is 19.2 Å². The Balaban J connectivity index is 3.93. The van der Waals surface area contributed by atoms with Gasteiger partial charge in [0.05, 0.1) is 13.2 Å².